The zero-order chi connectivity index (χ0) is 18.1. The Labute approximate surface area is 154 Å². The monoisotopic (exact) mass is 361 g/mol. The van der Waals surface area contributed by atoms with E-state index in [1.54, 1.807) is 19.1 Å². The van der Waals surface area contributed by atoms with Crippen LogP contribution in [0, 0.1) is 0 Å². The second-order valence-corrected chi connectivity index (χ2v) is 6.23. The van der Waals surface area contributed by atoms with Crippen molar-refractivity contribution in [2.24, 2.45) is 0 Å². The summed E-state index contributed by atoms with van der Waals surface area (Å²) in [5, 5.41) is 3.55. The van der Waals surface area contributed by atoms with Crippen molar-refractivity contribution in [3.63, 3.8) is 0 Å². The van der Waals surface area contributed by atoms with E-state index < -0.39 is 6.10 Å². The topological polar surface area (TPSA) is 47.6 Å². The molecule has 4 nitrogen and oxygen atoms in total. The second-order valence-electron chi connectivity index (χ2n) is 5.79. The van der Waals surface area contributed by atoms with Crippen LogP contribution in [0.15, 0.2) is 48.5 Å². The Kier molecular flexibility index (Phi) is 7.61. The predicted molar refractivity (Wildman–Crippen MR) is 100 cm³/mol. The number of carbonyl (C=O) groups is 1. The summed E-state index contributed by atoms with van der Waals surface area (Å²) in [4.78, 5) is 11.9. The van der Waals surface area contributed by atoms with Gasteiger partial charge in [0, 0.05) is 11.6 Å². The summed E-state index contributed by atoms with van der Waals surface area (Å²) in [5.41, 5.74) is 1.02. The third-order valence-electron chi connectivity index (χ3n) is 3.65. The summed E-state index contributed by atoms with van der Waals surface area (Å²) in [5.74, 6) is 1.33. The van der Waals surface area contributed by atoms with Crippen LogP contribution < -0.4 is 14.8 Å². The van der Waals surface area contributed by atoms with Gasteiger partial charge in [-0.2, -0.15) is 0 Å². The van der Waals surface area contributed by atoms with Crippen molar-refractivity contribution in [1.82, 2.24) is 5.32 Å². The molecule has 2 aromatic rings. The standard InChI is InChI=1S/C20H24ClNO3/c1-3-4-13-22-20(23)15(2)25-19-9-5-16(6-10-19)14-24-18-11-7-17(21)8-12-18/h5-12,15H,3-4,13-14H2,1-2H3,(H,22,23). The van der Waals surface area contributed by atoms with Crippen molar-refractivity contribution >= 4 is 17.5 Å². The molecule has 0 aliphatic heterocycles. The van der Waals surface area contributed by atoms with Crippen LogP contribution in [0.5, 0.6) is 11.5 Å². The Morgan fingerprint density at radius 1 is 1.08 bits per heavy atom. The third kappa shape index (κ3) is 6.67. The maximum atomic E-state index is 11.9. The van der Waals surface area contributed by atoms with Gasteiger partial charge in [0.15, 0.2) is 6.10 Å². The molecule has 0 heterocycles. The lowest BCUT2D eigenvalue weighted by Crippen LogP contribution is -2.36. The Bertz CT molecular complexity index is 656. The number of hydrogen-bond acceptors (Lipinski definition) is 3. The zero-order valence-corrected chi connectivity index (χ0v) is 15.4. The Morgan fingerprint density at radius 3 is 2.36 bits per heavy atom. The molecule has 25 heavy (non-hydrogen) atoms. The van der Waals surface area contributed by atoms with E-state index in [1.807, 2.05) is 36.4 Å². The number of benzene rings is 2. The fourth-order valence-electron chi connectivity index (χ4n) is 2.15. The molecule has 0 aliphatic carbocycles. The molecule has 2 rings (SSSR count). The molecule has 0 radical (unpaired) electrons. The Morgan fingerprint density at radius 2 is 1.72 bits per heavy atom. The van der Waals surface area contributed by atoms with E-state index in [4.69, 9.17) is 21.1 Å². The van der Waals surface area contributed by atoms with Crippen LogP contribution in [0.2, 0.25) is 5.02 Å². The molecule has 0 spiro atoms. The van der Waals surface area contributed by atoms with Gasteiger partial charge in [0.2, 0.25) is 0 Å². The Hall–Kier alpha value is -2.20. The normalized spacial score (nSPS) is 11.6. The number of amides is 1. The molecule has 5 heteroatoms. The van der Waals surface area contributed by atoms with Gasteiger partial charge < -0.3 is 14.8 Å². The first-order chi connectivity index (χ1) is 12.1. The van der Waals surface area contributed by atoms with Crippen LogP contribution in [0.25, 0.3) is 0 Å². The fraction of sp³-hybridized carbons (Fsp3) is 0.350. The highest BCUT2D eigenvalue weighted by Gasteiger charge is 2.13. The van der Waals surface area contributed by atoms with Gasteiger partial charge in [0.1, 0.15) is 18.1 Å². The van der Waals surface area contributed by atoms with Crippen molar-refractivity contribution in [1.29, 1.82) is 0 Å². The average molecular weight is 362 g/mol. The van der Waals surface area contributed by atoms with E-state index in [2.05, 4.69) is 12.2 Å². The lowest BCUT2D eigenvalue weighted by molar-refractivity contribution is -0.127. The Balaban J connectivity index is 1.80. The maximum Gasteiger partial charge on any atom is 0.260 e. The van der Waals surface area contributed by atoms with Gasteiger partial charge in [-0.05, 0) is 55.3 Å². The van der Waals surface area contributed by atoms with Gasteiger partial charge in [-0.25, -0.2) is 0 Å². The number of unbranched alkanes of at least 4 members (excludes halogenated alkanes) is 1. The number of hydrogen-bond donors (Lipinski definition) is 1. The molecule has 1 unspecified atom stereocenters. The molecule has 1 atom stereocenters. The third-order valence-corrected chi connectivity index (χ3v) is 3.91. The summed E-state index contributed by atoms with van der Waals surface area (Å²) in [6.45, 7) is 4.97. The summed E-state index contributed by atoms with van der Waals surface area (Å²) < 4.78 is 11.4. The quantitative estimate of drug-likeness (QED) is 0.664. The highest BCUT2D eigenvalue weighted by Crippen LogP contribution is 2.18. The number of ether oxygens (including phenoxy) is 2. The van der Waals surface area contributed by atoms with E-state index in [-0.39, 0.29) is 5.91 Å². The molecule has 0 aromatic heterocycles. The van der Waals surface area contributed by atoms with Crippen molar-refractivity contribution in [2.45, 2.75) is 39.4 Å². The first-order valence-electron chi connectivity index (χ1n) is 8.50. The average Bonchev–Trinajstić information content (AvgIpc) is 2.62. The fourth-order valence-corrected chi connectivity index (χ4v) is 2.28. The van der Waals surface area contributed by atoms with Crippen LogP contribution in [0.1, 0.15) is 32.3 Å². The molecule has 0 fully saturated rings. The van der Waals surface area contributed by atoms with Gasteiger partial charge in [0.25, 0.3) is 5.91 Å². The smallest absolute Gasteiger partial charge is 0.260 e. The molecular weight excluding hydrogens is 338 g/mol. The zero-order valence-electron chi connectivity index (χ0n) is 14.6. The second kappa shape index (κ2) is 9.94. The number of carbonyl (C=O) groups excluding carboxylic acids is 1. The van der Waals surface area contributed by atoms with Gasteiger partial charge in [0.05, 0.1) is 0 Å². The van der Waals surface area contributed by atoms with Gasteiger partial charge in [-0.3, -0.25) is 4.79 Å². The van der Waals surface area contributed by atoms with E-state index in [0.29, 0.717) is 23.9 Å². The van der Waals surface area contributed by atoms with Crippen LogP contribution in [-0.4, -0.2) is 18.6 Å². The van der Waals surface area contributed by atoms with Gasteiger partial charge in [-0.1, -0.05) is 37.1 Å². The lowest BCUT2D eigenvalue weighted by atomic mass is 10.2. The minimum absolute atomic E-state index is 0.0939. The molecule has 1 N–H and O–H groups in total. The minimum Gasteiger partial charge on any atom is -0.489 e. The van der Waals surface area contributed by atoms with Crippen LogP contribution in [-0.2, 0) is 11.4 Å². The minimum atomic E-state index is -0.520. The highest BCUT2D eigenvalue weighted by molar-refractivity contribution is 6.30. The molecule has 134 valence electrons. The molecule has 0 aliphatic rings. The maximum absolute atomic E-state index is 11.9. The highest BCUT2D eigenvalue weighted by atomic mass is 35.5. The van der Waals surface area contributed by atoms with Crippen molar-refractivity contribution in [3.8, 4) is 11.5 Å². The van der Waals surface area contributed by atoms with Crippen LogP contribution in [0.3, 0.4) is 0 Å². The number of nitrogens with one attached hydrogen (secondary N) is 1. The number of rotatable bonds is 9. The van der Waals surface area contributed by atoms with E-state index in [0.717, 1.165) is 24.2 Å². The SMILES string of the molecule is CCCCNC(=O)C(C)Oc1ccc(COc2ccc(Cl)cc2)cc1. The summed E-state index contributed by atoms with van der Waals surface area (Å²) in [6.07, 6.45) is 1.50. The molecular formula is C20H24ClNO3. The number of halogens is 1. The molecule has 1 amide bonds. The van der Waals surface area contributed by atoms with Crippen molar-refractivity contribution in [3.05, 3.63) is 59.1 Å². The molecule has 0 saturated carbocycles. The van der Waals surface area contributed by atoms with Crippen molar-refractivity contribution in [2.75, 3.05) is 6.54 Å². The molecule has 2 aromatic carbocycles. The van der Waals surface area contributed by atoms with E-state index >= 15 is 0 Å². The summed E-state index contributed by atoms with van der Waals surface area (Å²) >= 11 is 5.85. The van der Waals surface area contributed by atoms with E-state index in [1.165, 1.54) is 0 Å². The van der Waals surface area contributed by atoms with E-state index in [9.17, 15) is 4.79 Å². The van der Waals surface area contributed by atoms with Crippen molar-refractivity contribution < 1.29 is 14.3 Å². The summed E-state index contributed by atoms with van der Waals surface area (Å²) in [6, 6.07) is 14.8. The van der Waals surface area contributed by atoms with Gasteiger partial charge in [-0.15, -0.1) is 0 Å². The summed E-state index contributed by atoms with van der Waals surface area (Å²) in [7, 11) is 0. The van der Waals surface area contributed by atoms with Crippen LogP contribution >= 0.6 is 11.6 Å². The molecule has 0 saturated heterocycles. The van der Waals surface area contributed by atoms with Gasteiger partial charge >= 0.3 is 0 Å². The largest absolute Gasteiger partial charge is 0.489 e. The first kappa shape index (κ1) is 19.1. The predicted octanol–water partition coefficient (Wildman–Crippen LogP) is 4.60. The molecule has 0 bridgehead atoms. The van der Waals surface area contributed by atoms with Crippen LogP contribution in [0.4, 0.5) is 0 Å². The lowest BCUT2D eigenvalue weighted by Gasteiger charge is -2.15. The first-order valence-corrected chi connectivity index (χ1v) is 8.88.